The monoisotopic (exact) mass is 327 g/mol. The minimum atomic E-state index is -1.12. The van der Waals surface area contributed by atoms with Gasteiger partial charge in [0, 0.05) is 4.47 Å². The van der Waals surface area contributed by atoms with Gasteiger partial charge in [0.05, 0.1) is 0 Å². The van der Waals surface area contributed by atoms with Crippen molar-refractivity contribution in [3.8, 4) is 11.6 Å². The largest absolute Gasteiger partial charge is 0.477 e. The molecule has 6 heteroatoms. The summed E-state index contributed by atoms with van der Waals surface area (Å²) in [6, 6.07) is 9.75. The van der Waals surface area contributed by atoms with E-state index in [2.05, 4.69) is 20.9 Å². The molecule has 0 unspecified atom stereocenters. The second-order valence-corrected chi connectivity index (χ2v) is 4.65. The molecule has 0 aliphatic heterocycles. The van der Waals surface area contributed by atoms with Gasteiger partial charge in [-0.05, 0) is 30.3 Å². The standard InChI is InChI=1S/C12H7BrClNO3/c13-7-2-1-3-8(6-7)18-11-9(12(16)17)4-5-10(14)15-11/h1-6H,(H,16,17). The number of carboxylic acids is 1. The van der Waals surface area contributed by atoms with E-state index in [1.165, 1.54) is 12.1 Å². The molecule has 92 valence electrons. The van der Waals surface area contributed by atoms with Crippen LogP contribution in [0, 0.1) is 0 Å². The van der Waals surface area contributed by atoms with Crippen molar-refractivity contribution >= 4 is 33.5 Å². The van der Waals surface area contributed by atoms with E-state index in [1.807, 2.05) is 6.07 Å². The molecule has 1 aromatic carbocycles. The highest BCUT2D eigenvalue weighted by Gasteiger charge is 2.14. The fourth-order valence-electron chi connectivity index (χ4n) is 1.30. The van der Waals surface area contributed by atoms with Crippen LogP contribution in [-0.4, -0.2) is 16.1 Å². The van der Waals surface area contributed by atoms with Crippen LogP contribution >= 0.6 is 27.5 Å². The molecule has 0 bridgehead atoms. The summed E-state index contributed by atoms with van der Waals surface area (Å²) >= 11 is 9.02. The van der Waals surface area contributed by atoms with Gasteiger partial charge in [-0.3, -0.25) is 0 Å². The molecular formula is C12H7BrClNO3. The van der Waals surface area contributed by atoms with Crippen molar-refractivity contribution in [3.63, 3.8) is 0 Å². The molecule has 0 aliphatic carbocycles. The first-order chi connectivity index (χ1) is 8.56. The van der Waals surface area contributed by atoms with E-state index in [1.54, 1.807) is 18.2 Å². The Morgan fingerprint density at radius 3 is 2.78 bits per heavy atom. The molecule has 2 rings (SSSR count). The molecule has 0 radical (unpaired) electrons. The Morgan fingerprint density at radius 1 is 1.33 bits per heavy atom. The van der Waals surface area contributed by atoms with E-state index in [9.17, 15) is 4.79 Å². The van der Waals surface area contributed by atoms with Crippen LogP contribution in [0.3, 0.4) is 0 Å². The molecule has 0 atom stereocenters. The Labute approximate surface area is 116 Å². The zero-order valence-corrected chi connectivity index (χ0v) is 11.3. The second kappa shape index (κ2) is 5.37. The quantitative estimate of drug-likeness (QED) is 0.866. The minimum Gasteiger partial charge on any atom is -0.477 e. The fraction of sp³-hybridized carbons (Fsp3) is 0. The summed E-state index contributed by atoms with van der Waals surface area (Å²) in [6.07, 6.45) is 0. The third kappa shape index (κ3) is 3.00. The first-order valence-electron chi connectivity index (χ1n) is 4.89. The maximum Gasteiger partial charge on any atom is 0.341 e. The van der Waals surface area contributed by atoms with Crippen molar-refractivity contribution in [2.45, 2.75) is 0 Å². The number of halogens is 2. The third-order valence-corrected chi connectivity index (χ3v) is 2.77. The molecule has 0 spiro atoms. The molecule has 1 N–H and O–H groups in total. The summed E-state index contributed by atoms with van der Waals surface area (Å²) in [5, 5.41) is 9.19. The van der Waals surface area contributed by atoms with Gasteiger partial charge in [0.15, 0.2) is 0 Å². The van der Waals surface area contributed by atoms with Crippen LogP contribution in [-0.2, 0) is 0 Å². The predicted molar refractivity (Wildman–Crippen MR) is 70.4 cm³/mol. The van der Waals surface area contributed by atoms with E-state index >= 15 is 0 Å². The number of carboxylic acid groups (broad SMARTS) is 1. The number of benzene rings is 1. The lowest BCUT2D eigenvalue weighted by Crippen LogP contribution is -2.02. The summed E-state index contributed by atoms with van der Waals surface area (Å²) in [6.45, 7) is 0. The van der Waals surface area contributed by atoms with Crippen molar-refractivity contribution in [2.24, 2.45) is 0 Å². The number of hydrogen-bond donors (Lipinski definition) is 1. The Hall–Kier alpha value is -1.59. The minimum absolute atomic E-state index is 0.0342. The molecule has 18 heavy (non-hydrogen) atoms. The Balaban J connectivity index is 2.39. The van der Waals surface area contributed by atoms with Crippen LogP contribution in [0.5, 0.6) is 11.6 Å². The lowest BCUT2D eigenvalue weighted by molar-refractivity contribution is 0.0693. The van der Waals surface area contributed by atoms with Crippen LogP contribution in [0.4, 0.5) is 0 Å². The number of aromatic carboxylic acids is 1. The first-order valence-corrected chi connectivity index (χ1v) is 6.06. The molecule has 0 saturated carbocycles. The van der Waals surface area contributed by atoms with E-state index < -0.39 is 5.97 Å². The molecule has 0 amide bonds. The average molecular weight is 329 g/mol. The van der Waals surface area contributed by atoms with Gasteiger partial charge >= 0.3 is 5.97 Å². The van der Waals surface area contributed by atoms with E-state index in [0.717, 1.165) is 4.47 Å². The fourth-order valence-corrected chi connectivity index (χ4v) is 1.82. The van der Waals surface area contributed by atoms with Gasteiger partial charge in [-0.25, -0.2) is 9.78 Å². The van der Waals surface area contributed by atoms with E-state index in [-0.39, 0.29) is 16.6 Å². The zero-order valence-electron chi connectivity index (χ0n) is 8.93. The maximum absolute atomic E-state index is 11.0. The van der Waals surface area contributed by atoms with Crippen LogP contribution in [0.15, 0.2) is 40.9 Å². The summed E-state index contributed by atoms with van der Waals surface area (Å²) in [4.78, 5) is 14.9. The average Bonchev–Trinajstić information content (AvgIpc) is 2.28. The predicted octanol–water partition coefficient (Wildman–Crippen LogP) is 3.99. The molecule has 0 saturated heterocycles. The molecule has 1 aromatic heterocycles. The third-order valence-electron chi connectivity index (χ3n) is 2.07. The molecular weight excluding hydrogens is 321 g/mol. The Kier molecular flexibility index (Phi) is 3.84. The molecule has 2 aromatic rings. The summed E-state index contributed by atoms with van der Waals surface area (Å²) in [5.74, 6) is -0.682. The Bertz CT molecular complexity index is 604. The first kappa shape index (κ1) is 12.9. The SMILES string of the molecule is O=C(O)c1ccc(Cl)nc1Oc1cccc(Br)c1. The van der Waals surface area contributed by atoms with Crippen LogP contribution in [0.2, 0.25) is 5.15 Å². The molecule has 4 nitrogen and oxygen atoms in total. The lowest BCUT2D eigenvalue weighted by Gasteiger charge is -2.08. The summed E-state index contributed by atoms with van der Waals surface area (Å²) in [7, 11) is 0. The number of carbonyl (C=O) groups is 1. The van der Waals surface area contributed by atoms with Crippen molar-refractivity contribution in [3.05, 3.63) is 51.6 Å². The molecule has 0 aliphatic rings. The van der Waals surface area contributed by atoms with Crippen molar-refractivity contribution in [2.75, 3.05) is 0 Å². The van der Waals surface area contributed by atoms with Crippen LogP contribution in [0.1, 0.15) is 10.4 Å². The number of nitrogens with zero attached hydrogens (tertiary/aromatic N) is 1. The maximum atomic E-state index is 11.0. The highest BCUT2D eigenvalue weighted by atomic mass is 79.9. The van der Waals surface area contributed by atoms with Crippen molar-refractivity contribution < 1.29 is 14.6 Å². The topological polar surface area (TPSA) is 59.4 Å². The smallest absolute Gasteiger partial charge is 0.341 e. The van der Waals surface area contributed by atoms with Crippen LogP contribution < -0.4 is 4.74 Å². The van der Waals surface area contributed by atoms with Crippen LogP contribution in [0.25, 0.3) is 0 Å². The normalized spacial score (nSPS) is 10.1. The number of rotatable bonds is 3. The van der Waals surface area contributed by atoms with Gasteiger partial charge in [-0.15, -0.1) is 0 Å². The van der Waals surface area contributed by atoms with E-state index in [0.29, 0.717) is 5.75 Å². The number of aromatic nitrogens is 1. The van der Waals surface area contributed by atoms with Gasteiger partial charge < -0.3 is 9.84 Å². The highest BCUT2D eigenvalue weighted by Crippen LogP contribution is 2.27. The van der Waals surface area contributed by atoms with Crippen molar-refractivity contribution in [1.29, 1.82) is 0 Å². The molecule has 0 fully saturated rings. The number of pyridine rings is 1. The summed E-state index contributed by atoms with van der Waals surface area (Å²) < 4.78 is 6.24. The van der Waals surface area contributed by atoms with Gasteiger partial charge in [0.1, 0.15) is 16.5 Å². The second-order valence-electron chi connectivity index (χ2n) is 3.35. The van der Waals surface area contributed by atoms with Gasteiger partial charge in [-0.2, -0.15) is 0 Å². The van der Waals surface area contributed by atoms with Gasteiger partial charge in [-0.1, -0.05) is 33.6 Å². The Morgan fingerprint density at radius 2 is 2.11 bits per heavy atom. The van der Waals surface area contributed by atoms with Gasteiger partial charge in [0.2, 0.25) is 5.88 Å². The van der Waals surface area contributed by atoms with E-state index in [4.69, 9.17) is 21.4 Å². The summed E-state index contributed by atoms with van der Waals surface area (Å²) in [5.41, 5.74) is -0.0422. The molecule has 1 heterocycles. The van der Waals surface area contributed by atoms with Gasteiger partial charge in [0.25, 0.3) is 0 Å². The lowest BCUT2D eigenvalue weighted by atomic mass is 10.3. The zero-order chi connectivity index (χ0) is 13.1. The highest BCUT2D eigenvalue weighted by molar-refractivity contribution is 9.10. The number of hydrogen-bond acceptors (Lipinski definition) is 3. The van der Waals surface area contributed by atoms with Crippen molar-refractivity contribution in [1.82, 2.24) is 4.98 Å². The number of ether oxygens (including phenoxy) is 1.